The second-order valence-corrected chi connectivity index (χ2v) is 9.96. The number of nitrogens with one attached hydrogen (secondary N) is 3. The van der Waals surface area contributed by atoms with Crippen LogP contribution in [0.4, 0.5) is 0 Å². The number of nitrogens with zero attached hydrogens (tertiary/aromatic N) is 1. The van der Waals surface area contributed by atoms with Gasteiger partial charge >= 0.3 is 5.97 Å². The summed E-state index contributed by atoms with van der Waals surface area (Å²) in [6.07, 6.45) is 3.98. The molecule has 3 amide bonds. The molecule has 0 aliphatic heterocycles. The molecule has 36 heavy (non-hydrogen) atoms. The summed E-state index contributed by atoms with van der Waals surface area (Å²) in [7, 11) is 0. The third-order valence-corrected chi connectivity index (χ3v) is 6.80. The largest absolute Gasteiger partial charge is 0.480 e. The van der Waals surface area contributed by atoms with Crippen molar-refractivity contribution in [3.8, 4) is 0 Å². The minimum atomic E-state index is -1.16. The topological polar surface area (TPSA) is 215 Å². The van der Waals surface area contributed by atoms with Gasteiger partial charge in [-0.2, -0.15) is 11.8 Å². The Kier molecular flexibility index (Phi) is 16.6. The third-order valence-electron chi connectivity index (χ3n) is 6.16. The van der Waals surface area contributed by atoms with Gasteiger partial charge in [-0.1, -0.05) is 40.5 Å². The molecule has 0 radical (unpaired) electrons. The number of carboxylic acid groups (broad SMARTS) is 1. The summed E-state index contributed by atoms with van der Waals surface area (Å²) < 4.78 is 0. The molecule has 0 heterocycles. The smallest absolute Gasteiger partial charge is 0.326 e. The van der Waals surface area contributed by atoms with Gasteiger partial charge < -0.3 is 38.3 Å². The van der Waals surface area contributed by atoms with Gasteiger partial charge in [0, 0.05) is 6.54 Å². The molecule has 12 nitrogen and oxygen atoms in total. The van der Waals surface area contributed by atoms with Gasteiger partial charge in [0.15, 0.2) is 5.96 Å². The third kappa shape index (κ3) is 12.4. The summed E-state index contributed by atoms with van der Waals surface area (Å²) in [5, 5.41) is 17.5. The molecule has 0 aromatic heterocycles. The molecule has 6 atom stereocenters. The first-order chi connectivity index (χ1) is 16.9. The van der Waals surface area contributed by atoms with Crippen LogP contribution < -0.4 is 33.2 Å². The van der Waals surface area contributed by atoms with Crippen molar-refractivity contribution in [2.75, 3.05) is 18.6 Å². The quantitative estimate of drug-likeness (QED) is 0.0704. The predicted octanol–water partition coefficient (Wildman–Crippen LogP) is -0.248. The van der Waals surface area contributed by atoms with Crippen molar-refractivity contribution in [2.24, 2.45) is 34.0 Å². The van der Waals surface area contributed by atoms with E-state index in [0.29, 0.717) is 31.4 Å². The summed E-state index contributed by atoms with van der Waals surface area (Å²) in [4.78, 5) is 54.4. The van der Waals surface area contributed by atoms with Crippen LogP contribution in [0.25, 0.3) is 0 Å². The molecule has 0 aromatic carbocycles. The number of aliphatic carboxylic acids is 1. The number of guanidine groups is 1. The zero-order chi connectivity index (χ0) is 27.8. The average Bonchev–Trinajstić information content (AvgIpc) is 2.84. The van der Waals surface area contributed by atoms with Gasteiger partial charge in [0.2, 0.25) is 17.7 Å². The Bertz CT molecular complexity index is 748. The van der Waals surface area contributed by atoms with Crippen LogP contribution >= 0.6 is 11.8 Å². The summed E-state index contributed by atoms with van der Waals surface area (Å²) in [6.45, 7) is 7.55. The van der Waals surface area contributed by atoms with E-state index >= 15 is 0 Å². The number of carbonyl (C=O) groups is 4. The Morgan fingerprint density at radius 1 is 0.889 bits per heavy atom. The van der Waals surface area contributed by atoms with Gasteiger partial charge in [-0.05, 0) is 43.1 Å². The fraction of sp³-hybridized carbons (Fsp3) is 0.783. The van der Waals surface area contributed by atoms with Crippen molar-refractivity contribution in [1.82, 2.24) is 16.0 Å². The number of thioether (sulfide) groups is 1. The van der Waals surface area contributed by atoms with Crippen molar-refractivity contribution >= 4 is 41.4 Å². The number of amides is 3. The summed E-state index contributed by atoms with van der Waals surface area (Å²) in [5.74, 6) is -2.68. The van der Waals surface area contributed by atoms with Gasteiger partial charge in [-0.15, -0.1) is 0 Å². The second-order valence-electron chi connectivity index (χ2n) is 8.97. The standard InChI is InChI=1S/C23H45N7O5S/c1-6-13(3)17(24)21(33)29-16(10-12-36-5)19(31)28-15(9-8-11-27-23(25)26)20(32)30-18(22(34)35)14(4)7-2/h13-18H,6-12,24H2,1-5H3,(H,28,31)(H,29,33)(H,30,32)(H,34,35)(H4,25,26,27). The molecule has 0 saturated heterocycles. The van der Waals surface area contributed by atoms with E-state index in [2.05, 4.69) is 20.9 Å². The Morgan fingerprint density at radius 3 is 1.92 bits per heavy atom. The van der Waals surface area contributed by atoms with Crippen LogP contribution in [-0.4, -0.2) is 77.5 Å². The molecule has 0 aliphatic rings. The fourth-order valence-corrected chi connectivity index (χ4v) is 3.74. The minimum absolute atomic E-state index is 0.0724. The Hall–Kier alpha value is -2.54. The van der Waals surface area contributed by atoms with E-state index in [4.69, 9.17) is 17.2 Å². The van der Waals surface area contributed by atoms with Crippen LogP contribution in [0.15, 0.2) is 4.99 Å². The first-order valence-corrected chi connectivity index (χ1v) is 13.7. The van der Waals surface area contributed by atoms with Crippen molar-refractivity contribution in [2.45, 2.75) is 84.0 Å². The molecule has 0 bridgehead atoms. The molecule has 13 heteroatoms. The molecule has 0 aliphatic carbocycles. The van der Waals surface area contributed by atoms with Crippen molar-refractivity contribution < 1.29 is 24.3 Å². The summed E-state index contributed by atoms with van der Waals surface area (Å²) >= 11 is 1.51. The Morgan fingerprint density at radius 2 is 1.42 bits per heavy atom. The number of carboxylic acids is 1. The summed E-state index contributed by atoms with van der Waals surface area (Å²) in [6, 6.07) is -3.84. The first kappa shape index (κ1) is 33.5. The maximum absolute atomic E-state index is 13.2. The van der Waals surface area contributed by atoms with E-state index in [1.807, 2.05) is 27.0 Å². The number of hydrogen-bond acceptors (Lipinski definition) is 7. The van der Waals surface area contributed by atoms with Crippen LogP contribution in [0, 0.1) is 11.8 Å². The lowest BCUT2D eigenvalue weighted by Crippen LogP contribution is -2.58. The van der Waals surface area contributed by atoms with Crippen molar-refractivity contribution in [3.63, 3.8) is 0 Å². The van der Waals surface area contributed by atoms with Crippen LogP contribution in [-0.2, 0) is 19.2 Å². The molecule has 0 spiro atoms. The highest BCUT2D eigenvalue weighted by Gasteiger charge is 2.32. The maximum atomic E-state index is 13.2. The van der Waals surface area contributed by atoms with Crippen molar-refractivity contribution in [3.05, 3.63) is 0 Å². The molecule has 10 N–H and O–H groups in total. The van der Waals surface area contributed by atoms with Gasteiger partial charge in [0.1, 0.15) is 18.1 Å². The minimum Gasteiger partial charge on any atom is -0.480 e. The Labute approximate surface area is 218 Å². The molecule has 0 fully saturated rings. The average molecular weight is 532 g/mol. The van der Waals surface area contributed by atoms with E-state index in [-0.39, 0.29) is 30.8 Å². The molecule has 0 rings (SSSR count). The Balaban J connectivity index is 5.67. The SMILES string of the molecule is CCC(C)C(N)C(=O)NC(CCSC)C(=O)NC(CCCN=C(N)N)C(=O)NC(C(=O)O)C(C)CC. The molecule has 0 aromatic rings. The zero-order valence-electron chi connectivity index (χ0n) is 22.1. The van der Waals surface area contributed by atoms with E-state index < -0.39 is 47.9 Å². The van der Waals surface area contributed by atoms with E-state index in [0.717, 1.165) is 0 Å². The van der Waals surface area contributed by atoms with E-state index in [9.17, 15) is 24.3 Å². The van der Waals surface area contributed by atoms with Gasteiger partial charge in [-0.3, -0.25) is 19.4 Å². The van der Waals surface area contributed by atoms with Gasteiger partial charge in [0.05, 0.1) is 6.04 Å². The van der Waals surface area contributed by atoms with Crippen LogP contribution in [0.3, 0.4) is 0 Å². The highest BCUT2D eigenvalue weighted by Crippen LogP contribution is 2.11. The monoisotopic (exact) mass is 531 g/mol. The fourth-order valence-electron chi connectivity index (χ4n) is 3.27. The highest BCUT2D eigenvalue weighted by molar-refractivity contribution is 7.98. The lowest BCUT2D eigenvalue weighted by molar-refractivity contribution is -0.144. The lowest BCUT2D eigenvalue weighted by atomic mass is 9.98. The van der Waals surface area contributed by atoms with Crippen LogP contribution in [0.1, 0.15) is 59.8 Å². The van der Waals surface area contributed by atoms with E-state index in [1.54, 1.807) is 6.92 Å². The number of rotatable bonds is 18. The van der Waals surface area contributed by atoms with Crippen LogP contribution in [0.5, 0.6) is 0 Å². The predicted molar refractivity (Wildman–Crippen MR) is 143 cm³/mol. The second kappa shape index (κ2) is 17.8. The molecular weight excluding hydrogens is 486 g/mol. The maximum Gasteiger partial charge on any atom is 0.326 e. The van der Waals surface area contributed by atoms with Crippen LogP contribution in [0.2, 0.25) is 0 Å². The zero-order valence-corrected chi connectivity index (χ0v) is 22.9. The van der Waals surface area contributed by atoms with Crippen molar-refractivity contribution in [1.29, 1.82) is 0 Å². The van der Waals surface area contributed by atoms with Gasteiger partial charge in [-0.25, -0.2) is 4.79 Å². The normalized spacial score (nSPS) is 15.9. The number of aliphatic imine (C=N–C) groups is 1. The summed E-state index contributed by atoms with van der Waals surface area (Å²) in [5.41, 5.74) is 16.7. The van der Waals surface area contributed by atoms with E-state index in [1.165, 1.54) is 11.8 Å². The molecule has 208 valence electrons. The molecule has 0 saturated carbocycles. The molecular formula is C23H45N7O5S. The first-order valence-electron chi connectivity index (χ1n) is 12.3. The number of carbonyl (C=O) groups excluding carboxylic acids is 3. The van der Waals surface area contributed by atoms with Gasteiger partial charge in [0.25, 0.3) is 0 Å². The molecule has 6 unspecified atom stereocenters. The lowest BCUT2D eigenvalue weighted by Gasteiger charge is -2.27. The number of nitrogens with two attached hydrogens (primary N) is 3. The number of hydrogen-bond donors (Lipinski definition) is 7. The highest BCUT2D eigenvalue weighted by atomic mass is 32.2.